The third-order valence-corrected chi connectivity index (χ3v) is 5.90. The Morgan fingerprint density at radius 1 is 1.10 bits per heavy atom. The molecule has 1 fully saturated rings. The second-order valence-electron chi connectivity index (χ2n) is 7.48. The molecule has 6 nitrogen and oxygen atoms in total. The molecule has 3 aromatic rings. The summed E-state index contributed by atoms with van der Waals surface area (Å²) >= 11 is 12.2. The van der Waals surface area contributed by atoms with Gasteiger partial charge in [0.2, 0.25) is 0 Å². The van der Waals surface area contributed by atoms with Crippen LogP contribution in [0.3, 0.4) is 0 Å². The van der Waals surface area contributed by atoms with E-state index in [1.807, 2.05) is 35.2 Å². The predicted octanol–water partition coefficient (Wildman–Crippen LogP) is 4.83. The van der Waals surface area contributed by atoms with Crippen molar-refractivity contribution in [2.75, 3.05) is 26.2 Å². The van der Waals surface area contributed by atoms with Crippen LogP contribution in [0.2, 0.25) is 10.0 Å². The summed E-state index contributed by atoms with van der Waals surface area (Å²) in [5.74, 6) is 0.977. The number of amides is 1. The molecule has 31 heavy (non-hydrogen) atoms. The summed E-state index contributed by atoms with van der Waals surface area (Å²) < 4.78 is 11.1. The highest BCUT2D eigenvalue weighted by atomic mass is 35.5. The van der Waals surface area contributed by atoms with E-state index >= 15 is 0 Å². The molecule has 1 aliphatic rings. The van der Waals surface area contributed by atoms with Crippen molar-refractivity contribution >= 4 is 29.1 Å². The molecule has 1 amide bonds. The number of piperazine rings is 1. The average molecular weight is 460 g/mol. The Balaban J connectivity index is 1.37. The molecule has 1 saturated heterocycles. The van der Waals surface area contributed by atoms with Gasteiger partial charge in [-0.3, -0.25) is 9.69 Å². The van der Waals surface area contributed by atoms with Gasteiger partial charge in [-0.25, -0.2) is 0 Å². The molecule has 0 unspecified atom stereocenters. The number of halogens is 2. The summed E-state index contributed by atoms with van der Waals surface area (Å²) in [6.07, 6.45) is 0. The molecule has 0 N–H and O–H groups in total. The van der Waals surface area contributed by atoms with Crippen molar-refractivity contribution in [3.05, 3.63) is 81.2 Å². The summed E-state index contributed by atoms with van der Waals surface area (Å²) in [7, 11) is 0. The SMILES string of the molecule is Cc1onc(C(=O)N2CCN(Cc3cccc(Cl)c3)CC2)c1COc1ccccc1Cl. The number of hydrogen-bond donors (Lipinski definition) is 0. The lowest BCUT2D eigenvalue weighted by molar-refractivity contribution is 0.0616. The predicted molar refractivity (Wildman–Crippen MR) is 120 cm³/mol. The van der Waals surface area contributed by atoms with Gasteiger partial charge in [-0.05, 0) is 36.8 Å². The van der Waals surface area contributed by atoms with Crippen LogP contribution < -0.4 is 4.74 Å². The minimum absolute atomic E-state index is 0.142. The number of nitrogens with zero attached hydrogens (tertiary/aromatic N) is 3. The summed E-state index contributed by atoms with van der Waals surface area (Å²) in [6.45, 7) is 5.54. The smallest absolute Gasteiger partial charge is 0.276 e. The fraction of sp³-hybridized carbons (Fsp3) is 0.304. The molecule has 0 saturated carbocycles. The molecular weight excluding hydrogens is 437 g/mol. The molecule has 1 aromatic heterocycles. The third kappa shape index (κ3) is 5.21. The van der Waals surface area contributed by atoms with E-state index in [1.54, 1.807) is 19.1 Å². The zero-order valence-corrected chi connectivity index (χ0v) is 18.7. The number of ether oxygens (including phenoxy) is 1. The maximum Gasteiger partial charge on any atom is 0.276 e. The van der Waals surface area contributed by atoms with Crippen molar-refractivity contribution in [3.63, 3.8) is 0 Å². The number of aryl methyl sites for hydroxylation is 1. The standard InChI is InChI=1S/C23H23Cl2N3O3/c1-16-19(15-30-21-8-3-2-7-20(21)25)22(26-31-16)23(29)28-11-9-27(10-12-28)14-17-5-4-6-18(24)13-17/h2-8,13H,9-12,14-15H2,1H3. The van der Waals surface area contributed by atoms with E-state index in [0.717, 1.165) is 24.7 Å². The van der Waals surface area contributed by atoms with Crippen LogP contribution in [0.5, 0.6) is 5.75 Å². The minimum atomic E-state index is -0.142. The first-order valence-electron chi connectivity index (χ1n) is 10.1. The van der Waals surface area contributed by atoms with E-state index in [2.05, 4.69) is 16.1 Å². The number of rotatable bonds is 6. The molecule has 1 aliphatic heterocycles. The van der Waals surface area contributed by atoms with Crippen molar-refractivity contribution in [3.8, 4) is 5.75 Å². The van der Waals surface area contributed by atoms with Crippen molar-refractivity contribution in [2.45, 2.75) is 20.1 Å². The van der Waals surface area contributed by atoms with Crippen LogP contribution in [0.1, 0.15) is 27.4 Å². The molecule has 8 heteroatoms. The Hall–Kier alpha value is -2.54. The van der Waals surface area contributed by atoms with Gasteiger partial charge in [0.15, 0.2) is 5.69 Å². The third-order valence-electron chi connectivity index (χ3n) is 5.35. The molecule has 162 valence electrons. The van der Waals surface area contributed by atoms with Crippen LogP contribution >= 0.6 is 23.2 Å². The highest BCUT2D eigenvalue weighted by Crippen LogP contribution is 2.26. The van der Waals surface area contributed by atoms with Gasteiger partial charge in [-0.15, -0.1) is 0 Å². The average Bonchev–Trinajstić information content (AvgIpc) is 3.13. The van der Waals surface area contributed by atoms with Gasteiger partial charge in [-0.2, -0.15) is 0 Å². The first-order chi connectivity index (χ1) is 15.0. The van der Waals surface area contributed by atoms with Crippen molar-refractivity contribution in [1.82, 2.24) is 15.0 Å². The van der Waals surface area contributed by atoms with E-state index in [0.29, 0.717) is 40.9 Å². The molecule has 0 spiro atoms. The summed E-state index contributed by atoms with van der Waals surface area (Å²) in [5, 5.41) is 5.26. The number of carbonyl (C=O) groups is 1. The topological polar surface area (TPSA) is 58.8 Å². The minimum Gasteiger partial charge on any atom is -0.487 e. The van der Waals surface area contributed by atoms with E-state index in [9.17, 15) is 4.79 Å². The molecule has 2 aromatic carbocycles. The lowest BCUT2D eigenvalue weighted by atomic mass is 10.1. The van der Waals surface area contributed by atoms with E-state index in [-0.39, 0.29) is 12.5 Å². The van der Waals surface area contributed by atoms with Crippen LogP contribution in [0, 0.1) is 6.92 Å². The Labute approximate surface area is 191 Å². The molecule has 0 atom stereocenters. The van der Waals surface area contributed by atoms with Gasteiger partial charge in [0.05, 0.1) is 10.6 Å². The Morgan fingerprint density at radius 2 is 1.87 bits per heavy atom. The van der Waals surface area contributed by atoms with Gasteiger partial charge in [0, 0.05) is 37.7 Å². The van der Waals surface area contributed by atoms with E-state index in [4.69, 9.17) is 32.5 Å². The quantitative estimate of drug-likeness (QED) is 0.528. The highest BCUT2D eigenvalue weighted by Gasteiger charge is 2.28. The Morgan fingerprint density at radius 3 is 2.61 bits per heavy atom. The number of aromatic nitrogens is 1. The van der Waals surface area contributed by atoms with Crippen LogP contribution in [-0.4, -0.2) is 47.0 Å². The number of benzene rings is 2. The van der Waals surface area contributed by atoms with Gasteiger partial charge in [-0.1, -0.05) is 52.6 Å². The Bertz CT molecular complexity index is 1060. The van der Waals surface area contributed by atoms with Crippen molar-refractivity contribution < 1.29 is 14.1 Å². The van der Waals surface area contributed by atoms with Crippen LogP contribution in [0.25, 0.3) is 0 Å². The normalized spacial score (nSPS) is 14.6. The van der Waals surface area contributed by atoms with Crippen molar-refractivity contribution in [1.29, 1.82) is 0 Å². The van der Waals surface area contributed by atoms with Crippen LogP contribution in [0.15, 0.2) is 53.1 Å². The zero-order valence-electron chi connectivity index (χ0n) is 17.2. The van der Waals surface area contributed by atoms with Gasteiger partial charge >= 0.3 is 0 Å². The lowest BCUT2D eigenvalue weighted by Crippen LogP contribution is -2.48. The summed E-state index contributed by atoms with van der Waals surface area (Å²) in [5.41, 5.74) is 2.11. The van der Waals surface area contributed by atoms with E-state index in [1.165, 1.54) is 5.56 Å². The number of hydrogen-bond acceptors (Lipinski definition) is 5. The number of carbonyl (C=O) groups excluding carboxylic acids is 1. The maximum absolute atomic E-state index is 13.1. The summed E-state index contributed by atoms with van der Waals surface area (Å²) in [6, 6.07) is 15.1. The zero-order chi connectivity index (χ0) is 21.8. The second kappa shape index (κ2) is 9.73. The summed E-state index contributed by atoms with van der Waals surface area (Å²) in [4.78, 5) is 17.2. The largest absolute Gasteiger partial charge is 0.487 e. The molecule has 0 radical (unpaired) electrons. The lowest BCUT2D eigenvalue weighted by Gasteiger charge is -2.34. The fourth-order valence-corrected chi connectivity index (χ4v) is 4.00. The molecule has 0 bridgehead atoms. The van der Waals surface area contributed by atoms with E-state index < -0.39 is 0 Å². The van der Waals surface area contributed by atoms with Gasteiger partial charge < -0.3 is 14.2 Å². The fourth-order valence-electron chi connectivity index (χ4n) is 3.59. The molecule has 4 rings (SSSR count). The Kier molecular flexibility index (Phi) is 6.80. The molecular formula is C23H23Cl2N3O3. The first-order valence-corrected chi connectivity index (χ1v) is 10.9. The monoisotopic (exact) mass is 459 g/mol. The second-order valence-corrected chi connectivity index (χ2v) is 8.33. The molecule has 0 aliphatic carbocycles. The van der Waals surface area contributed by atoms with Crippen molar-refractivity contribution in [2.24, 2.45) is 0 Å². The van der Waals surface area contributed by atoms with Gasteiger partial charge in [0.25, 0.3) is 5.91 Å². The van der Waals surface area contributed by atoms with Crippen LogP contribution in [-0.2, 0) is 13.2 Å². The van der Waals surface area contributed by atoms with Gasteiger partial charge in [0.1, 0.15) is 18.1 Å². The first kappa shape index (κ1) is 21.7. The van der Waals surface area contributed by atoms with Crippen LogP contribution in [0.4, 0.5) is 0 Å². The molecule has 2 heterocycles. The highest BCUT2D eigenvalue weighted by molar-refractivity contribution is 6.32. The number of para-hydroxylation sites is 1. The maximum atomic E-state index is 13.1.